The lowest BCUT2D eigenvalue weighted by molar-refractivity contribution is -0.123. The number of carbonyl (C=O) groups is 2. The Morgan fingerprint density at radius 1 is 1.29 bits per heavy atom. The number of aliphatic imine (C=N–C) groups is 1. The number of carbonyl (C=O) groups excluding carboxylic acids is 2. The second-order valence-corrected chi connectivity index (χ2v) is 6.39. The number of benzene rings is 1. The molecule has 6 nitrogen and oxygen atoms in total. The summed E-state index contributed by atoms with van der Waals surface area (Å²) in [5.74, 6) is -0.245. The topological polar surface area (TPSA) is 74.1 Å². The number of ketones is 1. The first-order chi connectivity index (χ1) is 11.3. The molecular formula is C18H20N4O2. The van der Waals surface area contributed by atoms with Crippen molar-refractivity contribution < 1.29 is 9.59 Å². The van der Waals surface area contributed by atoms with Crippen molar-refractivity contribution in [3.63, 3.8) is 0 Å². The molecule has 6 heteroatoms. The highest BCUT2D eigenvalue weighted by Crippen LogP contribution is 2.36. The first kappa shape index (κ1) is 16.1. The Balaban J connectivity index is 1.85. The Bertz CT molecular complexity index is 809. The van der Waals surface area contributed by atoms with Crippen LogP contribution in [0.5, 0.6) is 0 Å². The number of hydrogen-bond acceptors (Lipinski definition) is 5. The Hall–Kier alpha value is -2.76. The van der Waals surface area contributed by atoms with E-state index in [2.05, 4.69) is 15.4 Å². The number of amides is 1. The van der Waals surface area contributed by atoms with Crippen molar-refractivity contribution in [3.05, 3.63) is 41.6 Å². The van der Waals surface area contributed by atoms with E-state index >= 15 is 0 Å². The first-order valence-electron chi connectivity index (χ1n) is 7.81. The fraction of sp³-hybridized carbons (Fsp3) is 0.333. The molecule has 1 aromatic carbocycles. The fourth-order valence-corrected chi connectivity index (χ4v) is 2.89. The van der Waals surface area contributed by atoms with Gasteiger partial charge >= 0.3 is 0 Å². The number of allylic oxidation sites excluding steroid dienone is 2. The van der Waals surface area contributed by atoms with Crippen molar-refractivity contribution in [1.29, 1.82) is 0 Å². The van der Waals surface area contributed by atoms with Crippen molar-refractivity contribution in [1.82, 2.24) is 5.01 Å². The minimum atomic E-state index is -0.886. The molecule has 124 valence electrons. The van der Waals surface area contributed by atoms with E-state index in [0.29, 0.717) is 11.3 Å². The molecule has 2 aliphatic heterocycles. The average Bonchev–Trinajstić information content (AvgIpc) is 2.86. The molecule has 1 amide bonds. The molecule has 24 heavy (non-hydrogen) atoms. The zero-order valence-corrected chi connectivity index (χ0v) is 14.2. The summed E-state index contributed by atoms with van der Waals surface area (Å²) in [6.07, 6.45) is 3.19. The van der Waals surface area contributed by atoms with Gasteiger partial charge in [0.1, 0.15) is 5.41 Å². The van der Waals surface area contributed by atoms with Gasteiger partial charge in [-0.3, -0.25) is 14.6 Å². The number of nitrogens with one attached hydrogen (secondary N) is 1. The van der Waals surface area contributed by atoms with Crippen LogP contribution >= 0.6 is 0 Å². The molecule has 0 saturated carbocycles. The maximum atomic E-state index is 12.9. The lowest BCUT2D eigenvalue weighted by atomic mass is 9.87. The number of fused-ring (bicyclic) bond motifs is 1. The van der Waals surface area contributed by atoms with Gasteiger partial charge in [0, 0.05) is 28.9 Å². The average molecular weight is 324 g/mol. The number of anilines is 1. The molecule has 0 radical (unpaired) electrons. The third-order valence-electron chi connectivity index (χ3n) is 4.34. The summed E-state index contributed by atoms with van der Waals surface area (Å²) in [4.78, 5) is 29.0. The molecule has 0 saturated heterocycles. The highest BCUT2D eigenvalue weighted by Gasteiger charge is 2.49. The molecule has 0 bridgehead atoms. The Kier molecular flexibility index (Phi) is 3.83. The van der Waals surface area contributed by atoms with Crippen molar-refractivity contribution in [2.75, 3.05) is 5.32 Å². The molecule has 0 fully saturated rings. The number of hydrazone groups is 1. The predicted molar refractivity (Wildman–Crippen MR) is 94.2 cm³/mol. The van der Waals surface area contributed by atoms with Crippen molar-refractivity contribution in [3.8, 4) is 0 Å². The van der Waals surface area contributed by atoms with E-state index in [9.17, 15) is 9.59 Å². The third kappa shape index (κ3) is 2.64. The zero-order valence-electron chi connectivity index (χ0n) is 14.2. The van der Waals surface area contributed by atoms with Gasteiger partial charge in [0.25, 0.3) is 0 Å². The molecular weight excluding hydrogens is 304 g/mol. The van der Waals surface area contributed by atoms with E-state index in [1.54, 1.807) is 35.5 Å². The van der Waals surface area contributed by atoms with Crippen LogP contribution in [0.4, 0.5) is 5.69 Å². The van der Waals surface area contributed by atoms with Crippen LogP contribution in [0.3, 0.4) is 0 Å². The van der Waals surface area contributed by atoms with Crippen LogP contribution in [0.15, 0.2) is 46.1 Å². The van der Waals surface area contributed by atoms with Gasteiger partial charge in [-0.1, -0.05) is 12.1 Å². The van der Waals surface area contributed by atoms with Gasteiger partial charge in [0.15, 0.2) is 11.9 Å². The molecule has 2 heterocycles. The summed E-state index contributed by atoms with van der Waals surface area (Å²) in [6, 6.07) is 6.91. The summed E-state index contributed by atoms with van der Waals surface area (Å²) in [5, 5.41) is 9.00. The second kappa shape index (κ2) is 5.70. The van der Waals surface area contributed by atoms with Crippen LogP contribution in [-0.2, 0) is 4.79 Å². The molecule has 0 spiro atoms. The molecule has 1 aromatic rings. The minimum Gasteiger partial charge on any atom is -0.325 e. The monoisotopic (exact) mass is 324 g/mol. The van der Waals surface area contributed by atoms with Gasteiger partial charge in [-0.2, -0.15) is 5.10 Å². The summed E-state index contributed by atoms with van der Waals surface area (Å²) < 4.78 is 0. The van der Waals surface area contributed by atoms with Crippen molar-refractivity contribution in [2.45, 2.75) is 33.9 Å². The van der Waals surface area contributed by atoms with Crippen molar-refractivity contribution in [2.24, 2.45) is 15.5 Å². The number of rotatable bonds is 3. The van der Waals surface area contributed by atoms with E-state index in [1.807, 2.05) is 26.8 Å². The predicted octanol–water partition coefficient (Wildman–Crippen LogP) is 2.84. The van der Waals surface area contributed by atoms with E-state index in [0.717, 1.165) is 11.4 Å². The Morgan fingerprint density at radius 3 is 2.75 bits per heavy atom. The molecule has 1 N–H and O–H groups in total. The standard InChI is InChI=1S/C18H20N4O2/c1-11-8-12(2)22-16(20-11)18(4,10-19-22)17(24)21-15-7-5-6-14(9-15)13(3)23/h5-10,16H,1-4H3,(H,21,24). The maximum Gasteiger partial charge on any atom is 0.239 e. The normalized spacial score (nSPS) is 25.0. The lowest BCUT2D eigenvalue weighted by Gasteiger charge is -2.33. The summed E-state index contributed by atoms with van der Waals surface area (Å²) >= 11 is 0. The summed E-state index contributed by atoms with van der Waals surface area (Å²) in [7, 11) is 0. The van der Waals surface area contributed by atoms with Gasteiger partial charge in [-0.05, 0) is 45.9 Å². The van der Waals surface area contributed by atoms with Gasteiger partial charge in [-0.25, -0.2) is 5.01 Å². The van der Waals surface area contributed by atoms with Crippen molar-refractivity contribution >= 4 is 29.3 Å². The highest BCUT2D eigenvalue weighted by molar-refractivity contribution is 6.08. The molecule has 2 atom stereocenters. The molecule has 2 aliphatic rings. The van der Waals surface area contributed by atoms with E-state index < -0.39 is 11.6 Å². The molecule has 3 rings (SSSR count). The van der Waals surface area contributed by atoms with Crippen LogP contribution in [0.2, 0.25) is 0 Å². The van der Waals surface area contributed by atoms with E-state index in [1.165, 1.54) is 6.92 Å². The van der Waals surface area contributed by atoms with E-state index in [4.69, 9.17) is 0 Å². The second-order valence-electron chi connectivity index (χ2n) is 6.39. The Labute approximate surface area is 141 Å². The lowest BCUT2D eigenvalue weighted by Crippen LogP contribution is -2.47. The first-order valence-corrected chi connectivity index (χ1v) is 7.81. The maximum absolute atomic E-state index is 12.9. The molecule has 0 aromatic heterocycles. The highest BCUT2D eigenvalue weighted by atomic mass is 16.2. The van der Waals surface area contributed by atoms with Gasteiger partial charge < -0.3 is 5.32 Å². The number of nitrogens with zero attached hydrogens (tertiary/aromatic N) is 3. The van der Waals surface area contributed by atoms with Crippen LogP contribution < -0.4 is 5.32 Å². The SMILES string of the molecule is CC(=O)c1cccc(NC(=O)C2(C)C=NN3C(C)=CC(C)=NC32)c1. The molecule has 2 unspecified atom stereocenters. The Morgan fingerprint density at radius 2 is 2.04 bits per heavy atom. The third-order valence-corrected chi connectivity index (χ3v) is 4.34. The molecule has 0 aliphatic carbocycles. The zero-order chi connectivity index (χ0) is 17.5. The minimum absolute atomic E-state index is 0.0424. The van der Waals surface area contributed by atoms with Crippen LogP contribution in [0.1, 0.15) is 38.1 Å². The number of hydrogen-bond donors (Lipinski definition) is 1. The largest absolute Gasteiger partial charge is 0.325 e. The summed E-state index contributed by atoms with van der Waals surface area (Å²) in [6.45, 7) is 7.18. The van der Waals surface area contributed by atoms with Gasteiger partial charge in [0.05, 0.1) is 0 Å². The summed E-state index contributed by atoms with van der Waals surface area (Å²) in [5.41, 5.74) is 2.09. The van der Waals surface area contributed by atoms with Gasteiger partial charge in [-0.15, -0.1) is 0 Å². The fourth-order valence-electron chi connectivity index (χ4n) is 2.89. The van der Waals surface area contributed by atoms with Crippen LogP contribution in [0, 0.1) is 5.41 Å². The van der Waals surface area contributed by atoms with E-state index in [-0.39, 0.29) is 11.7 Å². The van der Waals surface area contributed by atoms with Crippen LogP contribution in [0.25, 0.3) is 0 Å². The van der Waals surface area contributed by atoms with Gasteiger partial charge in [0.2, 0.25) is 5.91 Å². The smallest absolute Gasteiger partial charge is 0.239 e. The number of Topliss-reactive ketones (excluding diaryl/α,β-unsaturated/α-hetero) is 1. The quantitative estimate of drug-likeness (QED) is 0.869. The van der Waals surface area contributed by atoms with Crippen LogP contribution in [-0.4, -0.2) is 34.8 Å².